The molecule has 0 heterocycles. The number of methoxy groups -OCH3 is 1. The quantitative estimate of drug-likeness (QED) is 0.631. The van der Waals surface area contributed by atoms with Crippen LogP contribution in [0, 0.1) is 0 Å². The van der Waals surface area contributed by atoms with E-state index in [0.29, 0.717) is 30.2 Å². The third-order valence-electron chi connectivity index (χ3n) is 2.97. The van der Waals surface area contributed by atoms with Crippen LogP contribution in [0.15, 0.2) is 53.4 Å². The van der Waals surface area contributed by atoms with Crippen molar-refractivity contribution in [1.82, 2.24) is 0 Å². The van der Waals surface area contributed by atoms with Gasteiger partial charge in [-0.05, 0) is 42.8 Å². The molecule has 0 fully saturated rings. The molecule has 2 aromatic rings. The number of nitrogens with two attached hydrogens (primary N) is 1. The lowest BCUT2D eigenvalue weighted by molar-refractivity contribution is 0.320. The zero-order valence-electron chi connectivity index (χ0n) is 12.0. The Hall–Kier alpha value is -2.01. The first-order valence-corrected chi connectivity index (χ1v) is 8.02. The van der Waals surface area contributed by atoms with Gasteiger partial charge in [0.05, 0.1) is 30.2 Å². The van der Waals surface area contributed by atoms with Crippen LogP contribution >= 0.6 is 0 Å². The first-order valence-electron chi connectivity index (χ1n) is 6.70. The Morgan fingerprint density at radius 1 is 1.10 bits per heavy atom. The second-order valence-electron chi connectivity index (χ2n) is 4.47. The fourth-order valence-electron chi connectivity index (χ4n) is 1.83. The van der Waals surface area contributed by atoms with Crippen LogP contribution in [0.5, 0.6) is 11.5 Å². The lowest BCUT2D eigenvalue weighted by Crippen LogP contribution is -2.06. The fraction of sp³-hybridized carbons (Fsp3) is 0.250. The van der Waals surface area contributed by atoms with Crippen LogP contribution < -0.4 is 15.2 Å². The predicted octanol–water partition coefficient (Wildman–Crippen LogP) is 2.85. The molecular formula is C16H19NO3S. The summed E-state index contributed by atoms with van der Waals surface area (Å²) in [6.45, 7) is 0.496. The molecule has 1 atom stereocenters. The number of hydrogen-bond acceptors (Lipinski definition) is 4. The molecule has 2 aromatic carbocycles. The maximum absolute atomic E-state index is 12.1. The van der Waals surface area contributed by atoms with Gasteiger partial charge in [0, 0.05) is 10.6 Å². The van der Waals surface area contributed by atoms with Gasteiger partial charge < -0.3 is 15.2 Å². The van der Waals surface area contributed by atoms with Crippen molar-refractivity contribution < 1.29 is 13.7 Å². The molecule has 0 aliphatic rings. The van der Waals surface area contributed by atoms with Crippen molar-refractivity contribution in [2.75, 3.05) is 25.2 Å². The summed E-state index contributed by atoms with van der Waals surface area (Å²) in [4.78, 5) is 0.801. The smallest absolute Gasteiger partial charge is 0.142 e. The first-order chi connectivity index (χ1) is 10.2. The van der Waals surface area contributed by atoms with Gasteiger partial charge in [0.15, 0.2) is 0 Å². The average Bonchev–Trinajstić information content (AvgIpc) is 2.53. The van der Waals surface area contributed by atoms with Crippen LogP contribution in [-0.4, -0.2) is 23.7 Å². The van der Waals surface area contributed by atoms with E-state index in [9.17, 15) is 4.21 Å². The van der Waals surface area contributed by atoms with Crippen LogP contribution in [0.25, 0.3) is 0 Å². The molecule has 0 spiro atoms. The Morgan fingerprint density at radius 3 is 2.48 bits per heavy atom. The number of anilines is 1. The van der Waals surface area contributed by atoms with Gasteiger partial charge in [-0.3, -0.25) is 4.21 Å². The highest BCUT2D eigenvalue weighted by Gasteiger charge is 2.05. The van der Waals surface area contributed by atoms with Crippen LogP contribution in [0.4, 0.5) is 5.69 Å². The summed E-state index contributed by atoms with van der Waals surface area (Å²) in [6.07, 6.45) is 0.701. The van der Waals surface area contributed by atoms with Crippen molar-refractivity contribution in [3.63, 3.8) is 0 Å². The Labute approximate surface area is 127 Å². The van der Waals surface area contributed by atoms with Crippen molar-refractivity contribution in [2.24, 2.45) is 0 Å². The van der Waals surface area contributed by atoms with Crippen molar-refractivity contribution in [1.29, 1.82) is 0 Å². The third-order valence-corrected chi connectivity index (χ3v) is 4.43. The molecule has 0 saturated carbocycles. The van der Waals surface area contributed by atoms with Crippen LogP contribution in [0.2, 0.25) is 0 Å². The molecule has 2 rings (SSSR count). The van der Waals surface area contributed by atoms with Gasteiger partial charge in [-0.1, -0.05) is 12.1 Å². The van der Waals surface area contributed by atoms with Crippen LogP contribution in [0.1, 0.15) is 6.42 Å². The normalized spacial score (nSPS) is 11.9. The summed E-state index contributed by atoms with van der Waals surface area (Å²) >= 11 is 0. The van der Waals surface area contributed by atoms with E-state index < -0.39 is 10.8 Å². The van der Waals surface area contributed by atoms with Gasteiger partial charge in [-0.25, -0.2) is 0 Å². The van der Waals surface area contributed by atoms with E-state index in [1.807, 2.05) is 42.5 Å². The number of ether oxygens (including phenoxy) is 2. The van der Waals surface area contributed by atoms with Crippen molar-refractivity contribution in [3.8, 4) is 11.5 Å². The Bertz CT molecular complexity index is 599. The minimum absolute atomic E-state index is 0.496. The standard InChI is InChI=1S/C16H19NO3S/c1-19-13-7-9-14(10-8-13)21(18)12-4-11-20-16-6-3-2-5-15(16)17/h2-3,5-10H,4,11-12,17H2,1H3. The number of para-hydroxylation sites is 2. The molecule has 0 amide bonds. The van der Waals surface area contributed by atoms with Gasteiger partial charge in [-0.2, -0.15) is 0 Å². The minimum atomic E-state index is -1.02. The zero-order valence-corrected chi connectivity index (χ0v) is 12.8. The highest BCUT2D eigenvalue weighted by molar-refractivity contribution is 7.85. The molecular weight excluding hydrogens is 286 g/mol. The zero-order chi connectivity index (χ0) is 15.1. The largest absolute Gasteiger partial charge is 0.497 e. The molecule has 112 valence electrons. The molecule has 0 saturated heterocycles. The van der Waals surface area contributed by atoms with Crippen LogP contribution in [-0.2, 0) is 10.8 Å². The second kappa shape index (κ2) is 7.69. The monoisotopic (exact) mass is 305 g/mol. The van der Waals surface area contributed by atoms with Crippen molar-refractivity contribution in [3.05, 3.63) is 48.5 Å². The third kappa shape index (κ3) is 4.49. The Balaban J connectivity index is 1.77. The first kappa shape index (κ1) is 15.4. The fourth-order valence-corrected chi connectivity index (χ4v) is 2.88. The van der Waals surface area contributed by atoms with Gasteiger partial charge in [0.1, 0.15) is 11.5 Å². The average molecular weight is 305 g/mol. The van der Waals surface area contributed by atoms with Gasteiger partial charge >= 0.3 is 0 Å². The number of benzene rings is 2. The number of hydrogen-bond donors (Lipinski definition) is 1. The summed E-state index contributed by atoms with van der Waals surface area (Å²) in [5.41, 5.74) is 6.40. The van der Waals surface area contributed by atoms with E-state index in [0.717, 1.165) is 10.6 Å². The minimum Gasteiger partial charge on any atom is -0.497 e. The summed E-state index contributed by atoms with van der Waals surface area (Å²) < 4.78 is 22.8. The Morgan fingerprint density at radius 2 is 1.81 bits per heavy atom. The van der Waals surface area contributed by atoms with E-state index in [1.165, 1.54) is 0 Å². The second-order valence-corrected chi connectivity index (χ2v) is 6.04. The maximum Gasteiger partial charge on any atom is 0.142 e. The van der Waals surface area contributed by atoms with Gasteiger partial charge in [0.2, 0.25) is 0 Å². The van der Waals surface area contributed by atoms with Crippen LogP contribution in [0.3, 0.4) is 0 Å². The highest BCUT2D eigenvalue weighted by atomic mass is 32.2. The molecule has 1 unspecified atom stereocenters. The van der Waals surface area contributed by atoms with E-state index in [1.54, 1.807) is 13.2 Å². The molecule has 5 heteroatoms. The van der Waals surface area contributed by atoms with Crippen molar-refractivity contribution >= 4 is 16.5 Å². The molecule has 0 radical (unpaired) electrons. The van der Waals surface area contributed by atoms with Gasteiger partial charge in [0.25, 0.3) is 0 Å². The van der Waals surface area contributed by atoms with E-state index in [4.69, 9.17) is 15.2 Å². The van der Waals surface area contributed by atoms with E-state index in [2.05, 4.69) is 0 Å². The lowest BCUT2D eigenvalue weighted by atomic mass is 10.3. The molecule has 21 heavy (non-hydrogen) atoms. The maximum atomic E-state index is 12.1. The number of nitrogen functional groups attached to an aromatic ring is 1. The number of rotatable bonds is 7. The van der Waals surface area contributed by atoms with E-state index in [-0.39, 0.29) is 0 Å². The van der Waals surface area contributed by atoms with Gasteiger partial charge in [-0.15, -0.1) is 0 Å². The summed E-state index contributed by atoms with van der Waals surface area (Å²) in [7, 11) is 0.586. The molecule has 2 N–H and O–H groups in total. The highest BCUT2D eigenvalue weighted by Crippen LogP contribution is 2.20. The summed E-state index contributed by atoms with van der Waals surface area (Å²) in [5, 5.41) is 0. The predicted molar refractivity (Wildman–Crippen MR) is 85.2 cm³/mol. The summed E-state index contributed by atoms with van der Waals surface area (Å²) in [6, 6.07) is 14.6. The summed E-state index contributed by atoms with van der Waals surface area (Å²) in [5.74, 6) is 1.99. The van der Waals surface area contributed by atoms with Crippen molar-refractivity contribution in [2.45, 2.75) is 11.3 Å². The molecule has 4 nitrogen and oxygen atoms in total. The molecule has 0 aliphatic carbocycles. The molecule has 0 aromatic heterocycles. The molecule has 0 bridgehead atoms. The lowest BCUT2D eigenvalue weighted by Gasteiger charge is -2.08. The molecule has 0 aliphatic heterocycles. The topological polar surface area (TPSA) is 61.5 Å². The Kier molecular flexibility index (Phi) is 5.63. The van der Waals surface area contributed by atoms with E-state index >= 15 is 0 Å². The SMILES string of the molecule is COc1ccc(S(=O)CCCOc2ccccc2N)cc1.